The van der Waals surface area contributed by atoms with E-state index < -0.39 is 0 Å². The maximum absolute atomic E-state index is 12.0. The predicted molar refractivity (Wildman–Crippen MR) is 77.9 cm³/mol. The highest BCUT2D eigenvalue weighted by Crippen LogP contribution is 2.32. The fourth-order valence-corrected chi connectivity index (χ4v) is 2.44. The zero-order chi connectivity index (χ0) is 13.9. The average molecular weight is 264 g/mol. The molecule has 1 aliphatic carbocycles. The number of amides is 1. The van der Waals surface area contributed by atoms with E-state index in [1.807, 2.05) is 36.4 Å². The van der Waals surface area contributed by atoms with E-state index in [1.165, 1.54) is 5.39 Å². The third kappa shape index (κ3) is 2.80. The van der Waals surface area contributed by atoms with Gasteiger partial charge in [-0.05, 0) is 35.1 Å². The first-order valence-electron chi connectivity index (χ1n) is 6.93. The second-order valence-electron chi connectivity index (χ2n) is 5.37. The van der Waals surface area contributed by atoms with Gasteiger partial charge in [0.2, 0.25) is 5.91 Å². The van der Waals surface area contributed by atoms with Crippen molar-refractivity contribution in [2.24, 2.45) is 5.92 Å². The Balaban J connectivity index is 1.69. The molecule has 0 bridgehead atoms. The van der Waals surface area contributed by atoms with Crippen molar-refractivity contribution in [3.05, 3.63) is 48.0 Å². The first kappa shape index (κ1) is 12.7. The summed E-state index contributed by atoms with van der Waals surface area (Å²) in [6.45, 7) is 0. The second-order valence-corrected chi connectivity index (χ2v) is 5.37. The number of rotatable bonds is 4. The lowest BCUT2D eigenvalue weighted by atomic mass is 10.0. The van der Waals surface area contributed by atoms with Gasteiger partial charge in [0, 0.05) is 0 Å². The molecule has 2 aromatic carbocycles. The molecule has 0 radical (unpaired) electrons. The van der Waals surface area contributed by atoms with Crippen molar-refractivity contribution in [2.75, 3.05) is 0 Å². The van der Waals surface area contributed by atoms with Crippen LogP contribution in [0.15, 0.2) is 42.5 Å². The van der Waals surface area contributed by atoms with Crippen molar-refractivity contribution < 1.29 is 4.79 Å². The summed E-state index contributed by atoms with van der Waals surface area (Å²) in [5, 5.41) is 14.2. The van der Waals surface area contributed by atoms with Gasteiger partial charge in [0.25, 0.3) is 0 Å². The number of benzene rings is 2. The van der Waals surface area contributed by atoms with Crippen molar-refractivity contribution in [1.82, 2.24) is 5.32 Å². The topological polar surface area (TPSA) is 52.9 Å². The molecule has 100 valence electrons. The van der Waals surface area contributed by atoms with Gasteiger partial charge in [0.15, 0.2) is 0 Å². The quantitative estimate of drug-likeness (QED) is 0.923. The number of carbonyl (C=O) groups excluding carboxylic acids is 1. The molecule has 0 aromatic heterocycles. The summed E-state index contributed by atoms with van der Waals surface area (Å²) in [5.41, 5.74) is 0.980. The minimum absolute atomic E-state index is 0.0706. The third-order valence-corrected chi connectivity index (χ3v) is 3.73. The van der Waals surface area contributed by atoms with E-state index >= 15 is 0 Å². The second kappa shape index (κ2) is 5.34. The summed E-state index contributed by atoms with van der Waals surface area (Å²) in [7, 11) is 0. The number of carbonyl (C=O) groups is 1. The van der Waals surface area contributed by atoms with Crippen molar-refractivity contribution in [2.45, 2.75) is 25.3 Å². The normalized spacial score (nSPS) is 15.6. The largest absolute Gasteiger partial charge is 0.340 e. The van der Waals surface area contributed by atoms with E-state index in [9.17, 15) is 4.79 Å². The minimum atomic E-state index is -0.317. The summed E-state index contributed by atoms with van der Waals surface area (Å²) in [6.07, 6.45) is 2.43. The summed E-state index contributed by atoms with van der Waals surface area (Å²) in [6, 6.07) is 16.0. The van der Waals surface area contributed by atoms with Crippen LogP contribution < -0.4 is 5.32 Å². The number of nitrogens with zero attached hydrogens (tertiary/aromatic N) is 1. The minimum Gasteiger partial charge on any atom is -0.340 e. The number of fused-ring (bicyclic) bond motifs is 1. The van der Waals surface area contributed by atoms with Crippen LogP contribution in [0.5, 0.6) is 0 Å². The molecule has 3 rings (SSSR count). The molecule has 1 N–H and O–H groups in total. The van der Waals surface area contributed by atoms with Gasteiger partial charge in [0.05, 0.1) is 12.5 Å². The number of hydrogen-bond donors (Lipinski definition) is 1. The highest BCUT2D eigenvalue weighted by molar-refractivity contribution is 5.85. The molecule has 1 atom stereocenters. The summed E-state index contributed by atoms with van der Waals surface area (Å²) in [5.74, 6) is 0.291. The van der Waals surface area contributed by atoms with Crippen LogP contribution in [0.2, 0.25) is 0 Å². The molecule has 1 aliphatic rings. The van der Waals surface area contributed by atoms with Crippen LogP contribution in [0.3, 0.4) is 0 Å². The Morgan fingerprint density at radius 2 is 2.00 bits per heavy atom. The lowest BCUT2D eigenvalue weighted by Crippen LogP contribution is -2.36. The molecule has 3 heteroatoms. The third-order valence-electron chi connectivity index (χ3n) is 3.73. The van der Waals surface area contributed by atoms with Crippen LogP contribution in [0.4, 0.5) is 0 Å². The fraction of sp³-hybridized carbons (Fsp3) is 0.294. The van der Waals surface area contributed by atoms with Crippen molar-refractivity contribution in [3.63, 3.8) is 0 Å². The van der Waals surface area contributed by atoms with E-state index in [0.29, 0.717) is 12.3 Å². The molecular weight excluding hydrogens is 248 g/mol. The predicted octanol–water partition coefficient (Wildman–Crippen LogP) is 2.80. The molecule has 0 saturated heterocycles. The molecule has 20 heavy (non-hydrogen) atoms. The smallest absolute Gasteiger partial charge is 0.225 e. The standard InChI is InChI=1S/C17H16N2O/c18-11-16(14-7-8-14)19-17(20)10-12-5-6-13-3-1-2-4-15(13)9-12/h1-6,9,14,16H,7-8,10H2,(H,19,20). The van der Waals surface area contributed by atoms with Crippen molar-refractivity contribution in [1.29, 1.82) is 5.26 Å². The molecule has 1 fully saturated rings. The zero-order valence-corrected chi connectivity index (χ0v) is 11.2. The summed E-state index contributed by atoms with van der Waals surface area (Å²) >= 11 is 0. The maximum Gasteiger partial charge on any atom is 0.225 e. The Morgan fingerprint density at radius 1 is 1.25 bits per heavy atom. The monoisotopic (exact) mass is 264 g/mol. The summed E-state index contributed by atoms with van der Waals surface area (Å²) < 4.78 is 0. The Kier molecular flexibility index (Phi) is 3.39. The van der Waals surface area contributed by atoms with Crippen LogP contribution in [-0.2, 0) is 11.2 Å². The van der Waals surface area contributed by atoms with Gasteiger partial charge in [-0.3, -0.25) is 4.79 Å². The SMILES string of the molecule is N#CC(NC(=O)Cc1ccc2ccccc2c1)C1CC1. The highest BCUT2D eigenvalue weighted by Gasteiger charge is 2.32. The van der Waals surface area contributed by atoms with Crippen LogP contribution in [-0.4, -0.2) is 11.9 Å². The average Bonchev–Trinajstić information content (AvgIpc) is 3.29. The van der Waals surface area contributed by atoms with Gasteiger partial charge < -0.3 is 5.32 Å². The zero-order valence-electron chi connectivity index (χ0n) is 11.2. The molecule has 0 spiro atoms. The van der Waals surface area contributed by atoms with E-state index in [0.717, 1.165) is 23.8 Å². The molecule has 2 aromatic rings. The Labute approximate surface area is 118 Å². The highest BCUT2D eigenvalue weighted by atomic mass is 16.1. The van der Waals surface area contributed by atoms with Crippen LogP contribution in [0.1, 0.15) is 18.4 Å². The summed E-state index contributed by atoms with van der Waals surface area (Å²) in [4.78, 5) is 12.0. The van der Waals surface area contributed by atoms with Gasteiger partial charge >= 0.3 is 0 Å². The lowest BCUT2D eigenvalue weighted by Gasteiger charge is -2.10. The van der Waals surface area contributed by atoms with E-state index in [4.69, 9.17) is 5.26 Å². The van der Waals surface area contributed by atoms with E-state index in [-0.39, 0.29) is 11.9 Å². The Bertz CT molecular complexity index is 683. The molecule has 0 aliphatic heterocycles. The van der Waals surface area contributed by atoms with Gasteiger partial charge in [-0.15, -0.1) is 0 Å². The maximum atomic E-state index is 12.0. The van der Waals surface area contributed by atoms with Gasteiger partial charge in [-0.2, -0.15) is 5.26 Å². The Morgan fingerprint density at radius 3 is 2.70 bits per heavy atom. The van der Waals surface area contributed by atoms with E-state index in [2.05, 4.69) is 17.5 Å². The van der Waals surface area contributed by atoms with E-state index in [1.54, 1.807) is 0 Å². The molecule has 1 unspecified atom stereocenters. The first-order chi connectivity index (χ1) is 9.76. The first-order valence-corrected chi connectivity index (χ1v) is 6.93. The van der Waals surface area contributed by atoms with Crippen LogP contribution in [0.25, 0.3) is 10.8 Å². The number of hydrogen-bond acceptors (Lipinski definition) is 2. The fourth-order valence-electron chi connectivity index (χ4n) is 2.44. The lowest BCUT2D eigenvalue weighted by molar-refractivity contribution is -0.120. The number of nitriles is 1. The molecule has 1 saturated carbocycles. The molecule has 3 nitrogen and oxygen atoms in total. The molecule has 0 heterocycles. The van der Waals surface area contributed by atoms with Gasteiger partial charge in [-0.25, -0.2) is 0 Å². The Hall–Kier alpha value is -2.34. The molecular formula is C17H16N2O. The van der Waals surface area contributed by atoms with Crippen molar-refractivity contribution in [3.8, 4) is 6.07 Å². The van der Waals surface area contributed by atoms with Crippen molar-refractivity contribution >= 4 is 16.7 Å². The van der Waals surface area contributed by atoms with Crippen LogP contribution >= 0.6 is 0 Å². The number of nitrogens with one attached hydrogen (secondary N) is 1. The molecule has 1 amide bonds. The van der Waals surface area contributed by atoms with Gasteiger partial charge in [0.1, 0.15) is 6.04 Å². The van der Waals surface area contributed by atoms with Crippen LogP contribution in [0, 0.1) is 17.2 Å². The van der Waals surface area contributed by atoms with Gasteiger partial charge in [-0.1, -0.05) is 42.5 Å².